The molecule has 0 heterocycles. The lowest BCUT2D eigenvalue weighted by molar-refractivity contribution is -0.137. The average Bonchev–Trinajstić information content (AvgIpc) is 2.36. The molecule has 114 valence electrons. The summed E-state index contributed by atoms with van der Waals surface area (Å²) in [6.45, 7) is -0.447. The molecule has 2 N–H and O–H groups in total. The molecule has 20 heavy (non-hydrogen) atoms. The summed E-state index contributed by atoms with van der Waals surface area (Å²) in [5.74, 6) is 0. The Balaban J connectivity index is 2.88. The Kier molecular flexibility index (Phi) is 5.51. The van der Waals surface area contributed by atoms with Crippen LogP contribution in [0.15, 0.2) is 29.2 Å². The first-order valence-corrected chi connectivity index (χ1v) is 6.99. The summed E-state index contributed by atoms with van der Waals surface area (Å²) in [6, 6.07) is 3.35. The van der Waals surface area contributed by atoms with Gasteiger partial charge in [-0.3, -0.25) is 0 Å². The van der Waals surface area contributed by atoms with Crippen molar-refractivity contribution in [2.24, 2.45) is 0 Å². The summed E-state index contributed by atoms with van der Waals surface area (Å²) in [6.07, 6.45) is -5.71. The Morgan fingerprint density at radius 1 is 1.40 bits per heavy atom. The predicted octanol–water partition coefficient (Wildman–Crippen LogP) is 0.991. The van der Waals surface area contributed by atoms with Crippen LogP contribution in [0.25, 0.3) is 0 Å². The normalized spacial score (nSPS) is 14.2. The lowest BCUT2D eigenvalue weighted by atomic mass is 10.2. The highest BCUT2D eigenvalue weighted by molar-refractivity contribution is 7.89. The van der Waals surface area contributed by atoms with Crippen LogP contribution in [-0.2, 0) is 20.9 Å². The molecule has 1 aromatic rings. The van der Waals surface area contributed by atoms with E-state index >= 15 is 0 Å². The summed E-state index contributed by atoms with van der Waals surface area (Å²) >= 11 is 0. The molecule has 0 aliphatic carbocycles. The molecule has 0 saturated carbocycles. The molecule has 1 atom stereocenters. The zero-order valence-electron chi connectivity index (χ0n) is 10.5. The highest BCUT2D eigenvalue weighted by Gasteiger charge is 2.31. The maximum Gasteiger partial charge on any atom is 0.416 e. The number of methoxy groups -OCH3 is 1. The average molecular weight is 313 g/mol. The van der Waals surface area contributed by atoms with Crippen molar-refractivity contribution in [2.45, 2.75) is 17.2 Å². The third-order valence-electron chi connectivity index (χ3n) is 2.34. The minimum absolute atomic E-state index is 0.0922. The van der Waals surface area contributed by atoms with Crippen molar-refractivity contribution in [3.05, 3.63) is 29.8 Å². The fraction of sp³-hybridized carbons (Fsp3) is 0.455. The molecule has 0 fully saturated rings. The fourth-order valence-corrected chi connectivity index (χ4v) is 2.50. The molecular formula is C11H14F3NO4S. The molecule has 1 aromatic carbocycles. The first-order valence-electron chi connectivity index (χ1n) is 5.51. The van der Waals surface area contributed by atoms with Gasteiger partial charge in [-0.1, -0.05) is 6.07 Å². The molecule has 9 heteroatoms. The molecule has 1 unspecified atom stereocenters. The first-order chi connectivity index (χ1) is 9.16. The van der Waals surface area contributed by atoms with Crippen LogP contribution in [0.3, 0.4) is 0 Å². The summed E-state index contributed by atoms with van der Waals surface area (Å²) in [5, 5.41) is 9.31. The Hall–Kier alpha value is -1.16. The van der Waals surface area contributed by atoms with Crippen molar-refractivity contribution in [1.82, 2.24) is 4.72 Å². The quantitative estimate of drug-likeness (QED) is 0.821. The lowest BCUT2D eigenvalue weighted by Crippen LogP contribution is -2.34. The molecular weight excluding hydrogens is 299 g/mol. The number of nitrogens with one attached hydrogen (secondary N) is 1. The van der Waals surface area contributed by atoms with Gasteiger partial charge in [-0.05, 0) is 18.2 Å². The Morgan fingerprint density at radius 2 is 2.05 bits per heavy atom. The number of hydrogen-bond acceptors (Lipinski definition) is 4. The monoisotopic (exact) mass is 313 g/mol. The zero-order chi connectivity index (χ0) is 15.4. The highest BCUT2D eigenvalue weighted by atomic mass is 32.2. The van der Waals surface area contributed by atoms with Crippen molar-refractivity contribution in [3.8, 4) is 0 Å². The number of rotatable bonds is 6. The van der Waals surface area contributed by atoms with Gasteiger partial charge in [-0.15, -0.1) is 0 Å². The number of benzene rings is 1. The van der Waals surface area contributed by atoms with E-state index < -0.39 is 32.8 Å². The van der Waals surface area contributed by atoms with Crippen LogP contribution < -0.4 is 4.72 Å². The highest BCUT2D eigenvalue weighted by Crippen LogP contribution is 2.30. The molecule has 0 saturated heterocycles. The van der Waals surface area contributed by atoms with Crippen LogP contribution in [0.4, 0.5) is 13.2 Å². The SMILES string of the molecule is COCC(O)CNS(=O)(=O)c1cccc(C(F)(F)F)c1. The van der Waals surface area contributed by atoms with Crippen molar-refractivity contribution in [2.75, 3.05) is 20.3 Å². The van der Waals surface area contributed by atoms with E-state index in [4.69, 9.17) is 0 Å². The van der Waals surface area contributed by atoms with Crippen LogP contribution in [0.1, 0.15) is 5.56 Å². The van der Waals surface area contributed by atoms with E-state index in [1.807, 2.05) is 4.72 Å². The van der Waals surface area contributed by atoms with Crippen LogP contribution in [0.2, 0.25) is 0 Å². The standard InChI is InChI=1S/C11H14F3NO4S/c1-19-7-9(16)6-15-20(17,18)10-4-2-3-8(5-10)11(12,13)14/h2-5,9,15-16H,6-7H2,1H3. The molecule has 0 spiro atoms. The Morgan fingerprint density at radius 3 is 2.60 bits per heavy atom. The number of ether oxygens (including phenoxy) is 1. The molecule has 0 aliphatic heterocycles. The summed E-state index contributed by atoms with van der Waals surface area (Å²) in [5.41, 5.74) is -1.06. The molecule has 0 aromatic heterocycles. The lowest BCUT2D eigenvalue weighted by Gasteiger charge is -2.12. The second-order valence-electron chi connectivity index (χ2n) is 3.99. The number of halogens is 3. The Bertz CT molecular complexity index is 545. The number of hydrogen-bond donors (Lipinski definition) is 2. The first kappa shape index (κ1) is 16.9. The summed E-state index contributed by atoms with van der Waals surface area (Å²) in [4.78, 5) is -0.517. The van der Waals surface area contributed by atoms with Gasteiger partial charge in [0.05, 0.1) is 23.2 Å². The zero-order valence-corrected chi connectivity index (χ0v) is 11.3. The predicted molar refractivity (Wildman–Crippen MR) is 64.5 cm³/mol. The molecule has 0 amide bonds. The third-order valence-corrected chi connectivity index (χ3v) is 3.76. The van der Waals surface area contributed by atoms with Gasteiger partial charge >= 0.3 is 6.18 Å². The summed E-state index contributed by atoms with van der Waals surface area (Å²) < 4.78 is 67.7. The third kappa shape index (κ3) is 4.75. The van der Waals surface area contributed by atoms with E-state index in [0.29, 0.717) is 6.07 Å². The minimum atomic E-state index is -4.62. The fourth-order valence-electron chi connectivity index (χ4n) is 1.38. The second kappa shape index (κ2) is 6.53. The molecule has 0 bridgehead atoms. The van der Waals surface area contributed by atoms with E-state index in [1.54, 1.807) is 0 Å². The van der Waals surface area contributed by atoms with Crippen LogP contribution >= 0.6 is 0 Å². The smallest absolute Gasteiger partial charge is 0.389 e. The van der Waals surface area contributed by atoms with Gasteiger partial charge < -0.3 is 9.84 Å². The maximum atomic E-state index is 12.5. The van der Waals surface area contributed by atoms with Gasteiger partial charge in [0, 0.05) is 13.7 Å². The molecule has 5 nitrogen and oxygen atoms in total. The molecule has 0 aliphatic rings. The number of aliphatic hydroxyl groups is 1. The van der Waals surface area contributed by atoms with Gasteiger partial charge in [0.1, 0.15) is 0 Å². The van der Waals surface area contributed by atoms with Gasteiger partial charge in [-0.2, -0.15) is 13.2 Å². The van der Waals surface area contributed by atoms with Gasteiger partial charge in [0.15, 0.2) is 0 Å². The number of aliphatic hydroxyl groups excluding tert-OH is 1. The van der Waals surface area contributed by atoms with Crippen molar-refractivity contribution < 1.29 is 31.4 Å². The van der Waals surface area contributed by atoms with E-state index in [9.17, 15) is 26.7 Å². The second-order valence-corrected chi connectivity index (χ2v) is 5.75. The maximum absolute atomic E-state index is 12.5. The van der Waals surface area contributed by atoms with Gasteiger partial charge in [0.25, 0.3) is 0 Å². The van der Waals surface area contributed by atoms with Crippen LogP contribution in [0.5, 0.6) is 0 Å². The van der Waals surface area contributed by atoms with Gasteiger partial charge in [-0.25, -0.2) is 13.1 Å². The summed E-state index contributed by atoms with van der Waals surface area (Å²) in [7, 11) is -2.80. The van der Waals surface area contributed by atoms with Crippen LogP contribution in [0, 0.1) is 0 Å². The molecule has 0 radical (unpaired) electrons. The largest absolute Gasteiger partial charge is 0.416 e. The number of sulfonamides is 1. The molecule has 1 rings (SSSR count). The van der Waals surface area contributed by atoms with Crippen molar-refractivity contribution in [1.29, 1.82) is 0 Å². The van der Waals surface area contributed by atoms with E-state index in [0.717, 1.165) is 18.2 Å². The topological polar surface area (TPSA) is 75.6 Å². The number of alkyl halides is 3. The van der Waals surface area contributed by atoms with E-state index in [2.05, 4.69) is 4.74 Å². The Labute approximate surface area is 114 Å². The minimum Gasteiger partial charge on any atom is -0.389 e. The van der Waals surface area contributed by atoms with E-state index in [-0.39, 0.29) is 13.2 Å². The van der Waals surface area contributed by atoms with Crippen molar-refractivity contribution >= 4 is 10.0 Å². The van der Waals surface area contributed by atoms with Crippen molar-refractivity contribution in [3.63, 3.8) is 0 Å². The van der Waals surface area contributed by atoms with E-state index in [1.165, 1.54) is 7.11 Å². The van der Waals surface area contributed by atoms with Crippen LogP contribution in [-0.4, -0.2) is 39.9 Å². The van der Waals surface area contributed by atoms with Gasteiger partial charge in [0.2, 0.25) is 10.0 Å².